The standard InChI is InChI=1S/C22H17Cl2F3N2O3/c1-11-4-7-15(8-5-11)29-12(2)18(13(3)30)21(20(29)32,22(25,26)27)28-19(31)16-9-6-14(23)10-17(16)24/h4-10H,1-3H3,(H,28,31). The van der Waals surface area contributed by atoms with Crippen LogP contribution in [0.1, 0.15) is 29.8 Å². The van der Waals surface area contributed by atoms with Crippen molar-refractivity contribution in [3.63, 3.8) is 0 Å². The molecule has 32 heavy (non-hydrogen) atoms. The summed E-state index contributed by atoms with van der Waals surface area (Å²) in [7, 11) is 0. The van der Waals surface area contributed by atoms with Crippen LogP contribution in [0.4, 0.5) is 18.9 Å². The normalized spacial score (nSPS) is 18.9. The molecule has 1 atom stereocenters. The van der Waals surface area contributed by atoms with Gasteiger partial charge in [-0.05, 0) is 51.1 Å². The van der Waals surface area contributed by atoms with E-state index in [0.717, 1.165) is 23.5 Å². The number of hydrogen-bond acceptors (Lipinski definition) is 3. The highest BCUT2D eigenvalue weighted by Gasteiger charge is 2.70. The molecule has 0 saturated carbocycles. The summed E-state index contributed by atoms with van der Waals surface area (Å²) in [6, 6.07) is 9.72. The van der Waals surface area contributed by atoms with E-state index in [0.29, 0.717) is 0 Å². The molecule has 1 aliphatic heterocycles. The topological polar surface area (TPSA) is 66.5 Å². The van der Waals surface area contributed by atoms with Crippen molar-refractivity contribution in [3.05, 3.63) is 74.9 Å². The first-order chi connectivity index (χ1) is 14.8. The average molecular weight is 485 g/mol. The van der Waals surface area contributed by atoms with Crippen molar-refractivity contribution in [3.8, 4) is 0 Å². The molecule has 5 nitrogen and oxygen atoms in total. The van der Waals surface area contributed by atoms with Gasteiger partial charge in [-0.1, -0.05) is 40.9 Å². The Bertz CT molecular complexity index is 1160. The van der Waals surface area contributed by atoms with Crippen LogP contribution >= 0.6 is 23.2 Å². The second-order valence-corrected chi connectivity index (χ2v) is 8.16. The Labute approximate surface area is 191 Å². The van der Waals surface area contributed by atoms with E-state index in [1.807, 2.05) is 0 Å². The molecule has 1 aliphatic rings. The van der Waals surface area contributed by atoms with Crippen LogP contribution in [-0.2, 0) is 9.59 Å². The van der Waals surface area contributed by atoms with E-state index >= 15 is 0 Å². The largest absolute Gasteiger partial charge is 0.425 e. The van der Waals surface area contributed by atoms with Crippen LogP contribution in [0.25, 0.3) is 0 Å². The Kier molecular flexibility index (Phi) is 6.14. The Morgan fingerprint density at radius 2 is 1.62 bits per heavy atom. The molecular weight excluding hydrogens is 468 g/mol. The predicted molar refractivity (Wildman–Crippen MR) is 115 cm³/mol. The molecule has 1 unspecified atom stereocenters. The Morgan fingerprint density at radius 3 is 2.12 bits per heavy atom. The molecule has 2 aromatic carbocycles. The quantitative estimate of drug-likeness (QED) is 0.644. The number of Topliss-reactive ketones (excluding diaryl/α,β-unsaturated/α-hetero) is 1. The molecule has 0 spiro atoms. The maximum Gasteiger partial charge on any atom is 0.425 e. The van der Waals surface area contributed by atoms with Crippen LogP contribution in [0.15, 0.2) is 53.7 Å². The van der Waals surface area contributed by atoms with Gasteiger partial charge in [0, 0.05) is 16.4 Å². The van der Waals surface area contributed by atoms with E-state index in [1.165, 1.54) is 31.2 Å². The van der Waals surface area contributed by atoms with Crippen LogP contribution in [0.5, 0.6) is 0 Å². The van der Waals surface area contributed by atoms with Gasteiger partial charge < -0.3 is 5.32 Å². The lowest BCUT2D eigenvalue weighted by Crippen LogP contribution is -2.66. The second-order valence-electron chi connectivity index (χ2n) is 7.32. The highest BCUT2D eigenvalue weighted by Crippen LogP contribution is 2.46. The van der Waals surface area contributed by atoms with E-state index in [1.54, 1.807) is 24.4 Å². The molecule has 0 bridgehead atoms. The van der Waals surface area contributed by atoms with Crippen molar-refractivity contribution in [1.29, 1.82) is 0 Å². The van der Waals surface area contributed by atoms with Gasteiger partial charge >= 0.3 is 6.18 Å². The molecule has 168 valence electrons. The van der Waals surface area contributed by atoms with Crippen LogP contribution in [0.3, 0.4) is 0 Å². The molecule has 0 aromatic heterocycles. The highest BCUT2D eigenvalue weighted by molar-refractivity contribution is 6.37. The first kappa shape index (κ1) is 23.8. The van der Waals surface area contributed by atoms with Crippen molar-refractivity contribution in [1.82, 2.24) is 5.32 Å². The molecular formula is C22H17Cl2F3N2O3. The monoisotopic (exact) mass is 484 g/mol. The van der Waals surface area contributed by atoms with Crippen molar-refractivity contribution in [2.75, 3.05) is 4.90 Å². The van der Waals surface area contributed by atoms with Gasteiger partial charge in [-0.15, -0.1) is 0 Å². The summed E-state index contributed by atoms with van der Waals surface area (Å²) in [4.78, 5) is 39.4. The van der Waals surface area contributed by atoms with Crippen LogP contribution < -0.4 is 10.2 Å². The maximum absolute atomic E-state index is 14.5. The van der Waals surface area contributed by atoms with Gasteiger partial charge in [-0.3, -0.25) is 19.3 Å². The number of halogens is 5. The van der Waals surface area contributed by atoms with Gasteiger partial charge in [-0.25, -0.2) is 0 Å². The van der Waals surface area contributed by atoms with Crippen LogP contribution in [0, 0.1) is 6.92 Å². The smallest absolute Gasteiger partial charge is 0.326 e. The minimum atomic E-state index is -5.33. The average Bonchev–Trinajstić information content (AvgIpc) is 2.90. The number of amides is 2. The Morgan fingerprint density at radius 1 is 1.03 bits per heavy atom. The third-order valence-corrected chi connectivity index (χ3v) is 5.69. The summed E-state index contributed by atoms with van der Waals surface area (Å²) in [5.41, 5.74) is -4.07. The van der Waals surface area contributed by atoms with Crippen LogP contribution in [0.2, 0.25) is 10.0 Å². The molecule has 10 heteroatoms. The van der Waals surface area contributed by atoms with Crippen molar-refractivity contribution >= 4 is 46.5 Å². The fourth-order valence-electron chi connectivity index (χ4n) is 3.69. The van der Waals surface area contributed by atoms with E-state index < -0.39 is 34.9 Å². The van der Waals surface area contributed by atoms with Crippen molar-refractivity contribution in [2.24, 2.45) is 0 Å². The minimum absolute atomic E-state index is 0.127. The summed E-state index contributed by atoms with van der Waals surface area (Å²) < 4.78 is 43.6. The van der Waals surface area contributed by atoms with Crippen molar-refractivity contribution < 1.29 is 27.6 Å². The van der Waals surface area contributed by atoms with Gasteiger partial charge in [0.1, 0.15) is 0 Å². The zero-order valence-corrected chi connectivity index (χ0v) is 18.6. The summed E-state index contributed by atoms with van der Waals surface area (Å²) in [5, 5.41) is 1.73. The van der Waals surface area contributed by atoms with Gasteiger partial charge in [0.2, 0.25) is 5.54 Å². The first-order valence-corrected chi connectivity index (χ1v) is 10.0. The molecule has 1 N–H and O–H groups in total. The molecule has 0 radical (unpaired) electrons. The molecule has 0 aliphatic carbocycles. The molecule has 3 rings (SSSR count). The number of ketones is 1. The van der Waals surface area contributed by atoms with E-state index in [-0.39, 0.29) is 27.0 Å². The summed E-state index contributed by atoms with van der Waals surface area (Å²) >= 11 is 11.8. The SMILES string of the molecule is CC(=O)C1=C(C)N(c2ccc(C)cc2)C(=O)C1(NC(=O)c1ccc(Cl)cc1Cl)C(F)(F)F. The second kappa shape index (κ2) is 8.26. The van der Waals surface area contributed by atoms with Gasteiger partial charge in [0.05, 0.1) is 16.2 Å². The number of alkyl halides is 3. The molecule has 0 saturated heterocycles. The number of rotatable bonds is 4. The Hall–Kier alpha value is -2.84. The summed E-state index contributed by atoms with van der Waals surface area (Å²) in [6.07, 6.45) is -5.33. The summed E-state index contributed by atoms with van der Waals surface area (Å²) in [6.45, 7) is 3.91. The number of carbonyl (C=O) groups excluding carboxylic acids is 3. The number of aryl methyl sites for hydroxylation is 1. The lowest BCUT2D eigenvalue weighted by molar-refractivity contribution is -0.185. The minimum Gasteiger partial charge on any atom is -0.326 e. The van der Waals surface area contributed by atoms with Crippen molar-refractivity contribution in [2.45, 2.75) is 32.5 Å². The number of hydrogen-bond donors (Lipinski definition) is 1. The third-order valence-electron chi connectivity index (χ3n) is 5.14. The number of allylic oxidation sites excluding steroid dienone is 1. The lowest BCUT2D eigenvalue weighted by Gasteiger charge is -2.33. The van der Waals surface area contributed by atoms with E-state index in [9.17, 15) is 27.6 Å². The van der Waals surface area contributed by atoms with Crippen LogP contribution in [-0.4, -0.2) is 29.3 Å². The van der Waals surface area contributed by atoms with E-state index in [4.69, 9.17) is 23.2 Å². The zero-order chi connectivity index (χ0) is 24.0. The molecule has 1 heterocycles. The first-order valence-electron chi connectivity index (χ1n) is 9.29. The number of anilines is 1. The fourth-order valence-corrected chi connectivity index (χ4v) is 4.19. The number of nitrogens with zero attached hydrogens (tertiary/aromatic N) is 1. The predicted octanol–water partition coefficient (Wildman–Crippen LogP) is 5.24. The number of carbonyl (C=O) groups is 3. The number of nitrogens with one attached hydrogen (secondary N) is 1. The third kappa shape index (κ3) is 3.78. The molecule has 2 amide bonds. The Balaban J connectivity index is 2.20. The van der Waals surface area contributed by atoms with E-state index in [2.05, 4.69) is 0 Å². The molecule has 2 aromatic rings. The molecule has 0 fully saturated rings. The fraction of sp³-hybridized carbons (Fsp3) is 0.227. The lowest BCUT2D eigenvalue weighted by atomic mass is 9.86. The van der Waals surface area contributed by atoms with Gasteiger partial charge in [0.25, 0.3) is 11.8 Å². The number of benzene rings is 2. The zero-order valence-electron chi connectivity index (χ0n) is 17.1. The maximum atomic E-state index is 14.5. The highest BCUT2D eigenvalue weighted by atomic mass is 35.5. The van der Waals surface area contributed by atoms with Gasteiger partial charge in [0.15, 0.2) is 5.78 Å². The summed E-state index contributed by atoms with van der Waals surface area (Å²) in [5.74, 6) is -3.81. The van der Waals surface area contributed by atoms with Gasteiger partial charge in [-0.2, -0.15) is 13.2 Å².